The molecule has 1 aliphatic carbocycles. The summed E-state index contributed by atoms with van der Waals surface area (Å²) < 4.78 is 56.3. The summed E-state index contributed by atoms with van der Waals surface area (Å²) in [6, 6.07) is 16.5. The minimum absolute atomic E-state index is 0.156. The van der Waals surface area contributed by atoms with Gasteiger partial charge in [0.1, 0.15) is 17.7 Å². The number of alkyl halides is 3. The highest BCUT2D eigenvalue weighted by atomic mass is 19.4. The van der Waals surface area contributed by atoms with Gasteiger partial charge >= 0.3 is 6.18 Å². The summed E-state index contributed by atoms with van der Waals surface area (Å²) in [4.78, 5) is 42.4. The van der Waals surface area contributed by atoms with Crippen LogP contribution in [0.3, 0.4) is 0 Å². The maximum absolute atomic E-state index is 14.4. The number of aromatic nitrogens is 2. The molecule has 12 heteroatoms. The molecule has 0 fully saturated rings. The first kappa shape index (κ1) is 31.7. The second kappa shape index (κ2) is 12.5. The lowest BCUT2D eigenvalue weighted by molar-refractivity contribution is -0.137. The van der Waals surface area contributed by atoms with Crippen molar-refractivity contribution in [2.75, 3.05) is 11.4 Å². The second-order valence-corrected chi connectivity index (χ2v) is 11.5. The summed E-state index contributed by atoms with van der Waals surface area (Å²) in [5, 5.41) is 10.6. The molecular weight excluding hydrogens is 614 g/mol. The lowest BCUT2D eigenvalue weighted by atomic mass is 9.80. The van der Waals surface area contributed by atoms with E-state index >= 15 is 0 Å². The molecule has 2 aliphatic rings. The van der Waals surface area contributed by atoms with Gasteiger partial charge in [0.05, 0.1) is 23.0 Å². The standard InChI is InChI=1S/C35H31F4N5O3/c1-3-43-33-28(29(20(2)40-31(45)22-9-7-10-22)42-44(33)26-13-5-4-6-14-26)27(21-15-17-25(36)18-16-21)30(34(43)47)41-32(46)23-11-8-12-24(19-23)35(37,38)39/h4-6,8-9,11-20,27,30H,3,7,10H2,1-2H3,(H,40,45)(H,41,46)/t20-,27+,30+/m1/s1. The zero-order chi connectivity index (χ0) is 33.5. The van der Waals surface area contributed by atoms with Crippen molar-refractivity contribution in [2.24, 2.45) is 0 Å². The molecule has 0 spiro atoms. The SMILES string of the molecule is CCN1C(=O)[C@@H](NC(=O)c2cccc(C(F)(F)F)c2)[C@@H](c2ccc(F)cc2)c2c([C@@H](C)NC(=O)C3=CCC3)nn(-c3ccccc3)c21. The fraction of sp³-hybridized carbons (Fsp3) is 0.257. The number of hydrogen-bond acceptors (Lipinski definition) is 4. The molecule has 2 heterocycles. The van der Waals surface area contributed by atoms with Gasteiger partial charge in [-0.2, -0.15) is 18.3 Å². The second-order valence-electron chi connectivity index (χ2n) is 11.5. The molecule has 47 heavy (non-hydrogen) atoms. The van der Waals surface area contributed by atoms with Gasteiger partial charge in [-0.1, -0.05) is 42.5 Å². The number of fused-ring (bicyclic) bond motifs is 1. The van der Waals surface area contributed by atoms with E-state index < -0.39 is 47.4 Å². The number of nitrogens with one attached hydrogen (secondary N) is 2. The van der Waals surface area contributed by atoms with E-state index in [0.29, 0.717) is 40.3 Å². The van der Waals surface area contributed by atoms with Gasteiger partial charge in [0.25, 0.3) is 11.8 Å². The van der Waals surface area contributed by atoms with Crippen LogP contribution in [0.25, 0.3) is 5.69 Å². The first-order valence-electron chi connectivity index (χ1n) is 15.2. The molecule has 3 atom stereocenters. The largest absolute Gasteiger partial charge is 0.416 e. The molecule has 0 saturated heterocycles. The number of para-hydroxylation sites is 1. The number of likely N-dealkylation sites (N-methyl/N-ethyl adjacent to an activating group) is 1. The van der Waals surface area contributed by atoms with Gasteiger partial charge in [-0.3, -0.25) is 19.3 Å². The predicted molar refractivity (Wildman–Crippen MR) is 166 cm³/mol. The van der Waals surface area contributed by atoms with Crippen LogP contribution in [0.5, 0.6) is 0 Å². The normalized spacial score (nSPS) is 18.1. The van der Waals surface area contributed by atoms with E-state index in [0.717, 1.165) is 24.6 Å². The topological polar surface area (TPSA) is 96.3 Å². The molecule has 3 aromatic carbocycles. The van der Waals surface area contributed by atoms with Crippen molar-refractivity contribution in [3.05, 3.63) is 124 Å². The van der Waals surface area contributed by atoms with Crippen molar-refractivity contribution < 1.29 is 31.9 Å². The number of halogens is 4. The van der Waals surface area contributed by atoms with E-state index in [-0.39, 0.29) is 18.0 Å². The quantitative estimate of drug-likeness (QED) is 0.222. The molecule has 0 unspecified atom stereocenters. The van der Waals surface area contributed by atoms with Crippen LogP contribution >= 0.6 is 0 Å². The molecule has 1 aromatic heterocycles. The third-order valence-corrected chi connectivity index (χ3v) is 8.50. The van der Waals surface area contributed by atoms with Crippen molar-refractivity contribution in [1.82, 2.24) is 20.4 Å². The summed E-state index contributed by atoms with van der Waals surface area (Å²) in [6.45, 7) is 3.67. The molecule has 0 radical (unpaired) electrons. The van der Waals surface area contributed by atoms with E-state index in [1.54, 1.807) is 18.5 Å². The van der Waals surface area contributed by atoms with Crippen LogP contribution < -0.4 is 15.5 Å². The van der Waals surface area contributed by atoms with Crippen LogP contribution in [0.1, 0.15) is 71.4 Å². The molecule has 0 bridgehead atoms. The van der Waals surface area contributed by atoms with E-state index in [9.17, 15) is 31.9 Å². The summed E-state index contributed by atoms with van der Waals surface area (Å²) in [7, 11) is 0. The Morgan fingerprint density at radius 2 is 1.70 bits per heavy atom. The highest BCUT2D eigenvalue weighted by Crippen LogP contribution is 2.45. The third kappa shape index (κ3) is 6.02. The first-order chi connectivity index (χ1) is 22.5. The molecule has 4 aromatic rings. The van der Waals surface area contributed by atoms with Gasteiger partial charge in [0, 0.05) is 29.2 Å². The highest BCUT2D eigenvalue weighted by molar-refractivity contribution is 6.05. The van der Waals surface area contributed by atoms with Crippen LogP contribution in [-0.2, 0) is 15.8 Å². The Morgan fingerprint density at radius 1 is 1.00 bits per heavy atom. The van der Waals surface area contributed by atoms with Gasteiger partial charge in [-0.15, -0.1) is 0 Å². The minimum atomic E-state index is -4.68. The molecule has 6 rings (SSSR count). The van der Waals surface area contributed by atoms with Crippen molar-refractivity contribution in [2.45, 2.75) is 50.9 Å². The fourth-order valence-corrected chi connectivity index (χ4v) is 6.04. The average molecular weight is 646 g/mol. The van der Waals surface area contributed by atoms with Gasteiger partial charge in [0.2, 0.25) is 5.91 Å². The first-order valence-corrected chi connectivity index (χ1v) is 15.2. The predicted octanol–water partition coefficient (Wildman–Crippen LogP) is 6.22. The highest BCUT2D eigenvalue weighted by Gasteiger charge is 2.47. The Morgan fingerprint density at radius 3 is 2.32 bits per heavy atom. The van der Waals surface area contributed by atoms with Crippen LogP contribution in [0.15, 0.2) is 90.5 Å². The smallest absolute Gasteiger partial charge is 0.344 e. The Balaban J connectivity index is 1.53. The lowest BCUT2D eigenvalue weighted by Crippen LogP contribution is -2.55. The number of benzene rings is 3. The average Bonchev–Trinajstić information content (AvgIpc) is 3.41. The van der Waals surface area contributed by atoms with E-state index in [1.807, 2.05) is 36.4 Å². The third-order valence-electron chi connectivity index (χ3n) is 8.50. The van der Waals surface area contributed by atoms with Gasteiger partial charge < -0.3 is 10.6 Å². The Hall–Kier alpha value is -5.26. The molecule has 2 N–H and O–H groups in total. The number of allylic oxidation sites excluding steroid dienone is 1. The Kier molecular flexibility index (Phi) is 8.43. The number of hydrogen-bond donors (Lipinski definition) is 2. The zero-order valence-electron chi connectivity index (χ0n) is 25.5. The summed E-state index contributed by atoms with van der Waals surface area (Å²) >= 11 is 0. The maximum Gasteiger partial charge on any atom is 0.416 e. The Labute approximate surface area is 268 Å². The van der Waals surface area contributed by atoms with Crippen molar-refractivity contribution >= 4 is 23.5 Å². The van der Waals surface area contributed by atoms with Gasteiger partial charge in [0.15, 0.2) is 0 Å². The van der Waals surface area contributed by atoms with Crippen LogP contribution in [-0.4, -0.2) is 40.1 Å². The number of rotatable bonds is 8. The van der Waals surface area contributed by atoms with Crippen molar-refractivity contribution in [1.29, 1.82) is 0 Å². The van der Waals surface area contributed by atoms with Gasteiger partial charge in [-0.05, 0) is 74.7 Å². The monoisotopic (exact) mass is 645 g/mol. The van der Waals surface area contributed by atoms with E-state index in [4.69, 9.17) is 5.10 Å². The molecule has 3 amide bonds. The van der Waals surface area contributed by atoms with Gasteiger partial charge in [-0.25, -0.2) is 9.07 Å². The molecule has 8 nitrogen and oxygen atoms in total. The van der Waals surface area contributed by atoms with Crippen LogP contribution in [0.4, 0.5) is 23.4 Å². The lowest BCUT2D eigenvalue weighted by Gasteiger charge is -2.39. The fourth-order valence-electron chi connectivity index (χ4n) is 6.04. The molecule has 0 saturated carbocycles. The summed E-state index contributed by atoms with van der Waals surface area (Å²) in [6.07, 6.45) is -1.38. The Bertz CT molecular complexity index is 1870. The molecule has 242 valence electrons. The van der Waals surface area contributed by atoms with Crippen LogP contribution in [0, 0.1) is 5.82 Å². The molecule has 1 aliphatic heterocycles. The molecular formula is C35H31F4N5O3. The zero-order valence-corrected chi connectivity index (χ0v) is 25.5. The number of carbonyl (C=O) groups is 3. The van der Waals surface area contributed by atoms with E-state index in [1.165, 1.54) is 35.2 Å². The van der Waals surface area contributed by atoms with Crippen LogP contribution in [0.2, 0.25) is 0 Å². The summed E-state index contributed by atoms with van der Waals surface area (Å²) in [5.74, 6) is -2.75. The van der Waals surface area contributed by atoms with Crippen molar-refractivity contribution in [3.63, 3.8) is 0 Å². The minimum Gasteiger partial charge on any atom is -0.344 e. The van der Waals surface area contributed by atoms with E-state index in [2.05, 4.69) is 10.6 Å². The number of anilines is 1. The number of amides is 3. The summed E-state index contributed by atoms with van der Waals surface area (Å²) in [5.41, 5.74) is 1.37. The van der Waals surface area contributed by atoms with Crippen molar-refractivity contribution in [3.8, 4) is 5.69 Å². The maximum atomic E-state index is 14.4. The number of carbonyl (C=O) groups excluding carboxylic acids is 3. The number of nitrogens with zero attached hydrogens (tertiary/aromatic N) is 3.